The van der Waals surface area contributed by atoms with E-state index in [9.17, 15) is 19.5 Å². The van der Waals surface area contributed by atoms with Crippen molar-refractivity contribution in [2.45, 2.75) is 6.92 Å². The molecular weight excluding hydrogens is 248 g/mol. The second-order valence-electron chi connectivity index (χ2n) is 3.70. The maximum Gasteiger partial charge on any atom is 0.268 e. The first-order valence-corrected chi connectivity index (χ1v) is 5.51. The fourth-order valence-corrected chi connectivity index (χ4v) is 1.31. The van der Waals surface area contributed by atoms with E-state index in [1.807, 2.05) is 6.07 Å². The van der Waals surface area contributed by atoms with Crippen molar-refractivity contribution in [3.8, 4) is 0 Å². The van der Waals surface area contributed by atoms with Gasteiger partial charge in [0.25, 0.3) is 5.91 Å². The first-order valence-electron chi connectivity index (χ1n) is 5.51. The van der Waals surface area contributed by atoms with Gasteiger partial charge in [0.1, 0.15) is 5.70 Å². The highest BCUT2D eigenvalue weighted by atomic mass is 16.4. The van der Waals surface area contributed by atoms with E-state index in [-0.39, 0.29) is 5.70 Å². The monoisotopic (exact) mass is 261 g/mol. The summed E-state index contributed by atoms with van der Waals surface area (Å²) in [6.07, 6.45) is 1.45. The van der Waals surface area contributed by atoms with Crippen molar-refractivity contribution in [1.29, 1.82) is 0 Å². The minimum atomic E-state index is -1.41. The van der Waals surface area contributed by atoms with Gasteiger partial charge < -0.3 is 20.5 Å². The normalized spacial score (nSPS) is 10.7. The van der Waals surface area contributed by atoms with Crippen LogP contribution in [0.25, 0.3) is 6.08 Å². The van der Waals surface area contributed by atoms with Gasteiger partial charge in [0.2, 0.25) is 5.91 Å². The highest BCUT2D eigenvalue weighted by Gasteiger charge is 2.10. The first-order chi connectivity index (χ1) is 8.99. The Labute approximate surface area is 110 Å². The van der Waals surface area contributed by atoms with Crippen LogP contribution in [0.15, 0.2) is 36.0 Å². The molecule has 0 aliphatic rings. The maximum absolute atomic E-state index is 11.7. The predicted octanol–water partition coefficient (Wildman–Crippen LogP) is -0.970. The zero-order chi connectivity index (χ0) is 14.3. The molecule has 0 fully saturated rings. The largest absolute Gasteiger partial charge is 0.548 e. The lowest BCUT2D eigenvalue weighted by atomic mass is 10.2. The fraction of sp³-hybridized carbons (Fsp3) is 0.154. The van der Waals surface area contributed by atoms with Crippen LogP contribution in [0.5, 0.6) is 0 Å². The van der Waals surface area contributed by atoms with E-state index in [1.165, 1.54) is 13.0 Å². The Morgan fingerprint density at radius 3 is 2.37 bits per heavy atom. The summed E-state index contributed by atoms with van der Waals surface area (Å²) in [4.78, 5) is 33.0. The van der Waals surface area contributed by atoms with Gasteiger partial charge in [-0.25, -0.2) is 0 Å². The molecule has 0 aliphatic heterocycles. The number of carboxylic acids is 1. The quantitative estimate of drug-likeness (QED) is 0.666. The van der Waals surface area contributed by atoms with E-state index < -0.39 is 24.3 Å². The zero-order valence-corrected chi connectivity index (χ0v) is 10.3. The molecule has 2 amide bonds. The van der Waals surface area contributed by atoms with Crippen LogP contribution in [0.3, 0.4) is 0 Å². The molecule has 0 spiro atoms. The number of carboxylic acid groups (broad SMARTS) is 1. The van der Waals surface area contributed by atoms with Gasteiger partial charge in [-0.05, 0) is 11.6 Å². The van der Waals surface area contributed by atoms with Gasteiger partial charge in [-0.1, -0.05) is 30.3 Å². The van der Waals surface area contributed by atoms with Crippen molar-refractivity contribution >= 4 is 23.9 Å². The SMILES string of the molecule is CC(=O)N/C(=C\c1ccccc1)C(=O)NCC(=O)[O-]. The lowest BCUT2D eigenvalue weighted by Crippen LogP contribution is -2.41. The van der Waals surface area contributed by atoms with E-state index in [0.717, 1.165) is 0 Å². The average molecular weight is 261 g/mol. The van der Waals surface area contributed by atoms with Crippen LogP contribution in [-0.4, -0.2) is 24.3 Å². The molecule has 0 atom stereocenters. The molecule has 1 aromatic rings. The van der Waals surface area contributed by atoms with Gasteiger partial charge in [0.15, 0.2) is 0 Å². The number of carbonyl (C=O) groups excluding carboxylic acids is 3. The Hall–Kier alpha value is -2.63. The highest BCUT2D eigenvalue weighted by Crippen LogP contribution is 2.04. The molecule has 0 radical (unpaired) electrons. The average Bonchev–Trinajstić information content (AvgIpc) is 2.36. The first kappa shape index (κ1) is 14.4. The summed E-state index contributed by atoms with van der Waals surface area (Å²) in [7, 11) is 0. The summed E-state index contributed by atoms with van der Waals surface area (Å²) in [6, 6.07) is 8.85. The Morgan fingerprint density at radius 2 is 1.84 bits per heavy atom. The van der Waals surface area contributed by atoms with Gasteiger partial charge in [-0.2, -0.15) is 0 Å². The van der Waals surface area contributed by atoms with Crippen LogP contribution >= 0.6 is 0 Å². The van der Waals surface area contributed by atoms with E-state index in [1.54, 1.807) is 24.3 Å². The van der Waals surface area contributed by atoms with Crippen LogP contribution in [-0.2, 0) is 14.4 Å². The fourth-order valence-electron chi connectivity index (χ4n) is 1.31. The maximum atomic E-state index is 11.7. The van der Waals surface area contributed by atoms with E-state index in [4.69, 9.17) is 0 Å². The number of carbonyl (C=O) groups is 3. The molecule has 0 unspecified atom stereocenters. The number of aliphatic carboxylic acids is 1. The number of benzene rings is 1. The molecular formula is C13H13N2O4-. The van der Waals surface area contributed by atoms with Gasteiger partial charge in [0, 0.05) is 6.92 Å². The molecule has 19 heavy (non-hydrogen) atoms. The minimum absolute atomic E-state index is 0.0278. The van der Waals surface area contributed by atoms with E-state index in [2.05, 4.69) is 10.6 Å². The van der Waals surface area contributed by atoms with Crippen molar-refractivity contribution in [2.75, 3.05) is 6.54 Å². The van der Waals surface area contributed by atoms with Gasteiger partial charge in [-0.15, -0.1) is 0 Å². The second kappa shape index (κ2) is 6.95. The Balaban J connectivity index is 2.88. The third kappa shape index (κ3) is 5.49. The summed E-state index contributed by atoms with van der Waals surface area (Å²) >= 11 is 0. The Bertz CT molecular complexity index is 509. The van der Waals surface area contributed by atoms with Gasteiger partial charge in [0.05, 0.1) is 12.5 Å². The summed E-state index contributed by atoms with van der Waals surface area (Å²) in [5, 5.41) is 14.7. The number of rotatable bonds is 5. The molecule has 0 aromatic heterocycles. The molecule has 1 rings (SSSR count). The van der Waals surface area contributed by atoms with Gasteiger partial charge in [-0.3, -0.25) is 9.59 Å². The van der Waals surface area contributed by atoms with Crippen molar-refractivity contribution in [3.63, 3.8) is 0 Å². The number of amides is 2. The summed E-state index contributed by atoms with van der Waals surface area (Å²) < 4.78 is 0. The number of hydrogen-bond acceptors (Lipinski definition) is 4. The predicted molar refractivity (Wildman–Crippen MR) is 66.3 cm³/mol. The van der Waals surface area contributed by atoms with E-state index in [0.29, 0.717) is 5.56 Å². The molecule has 0 saturated carbocycles. The Kier molecular flexibility index (Phi) is 5.28. The van der Waals surface area contributed by atoms with Crippen LogP contribution in [0.1, 0.15) is 12.5 Å². The summed E-state index contributed by atoms with van der Waals surface area (Å²) in [6.45, 7) is 0.634. The molecule has 6 heteroatoms. The lowest BCUT2D eigenvalue weighted by molar-refractivity contribution is -0.303. The van der Waals surface area contributed by atoms with Gasteiger partial charge >= 0.3 is 0 Å². The molecule has 6 nitrogen and oxygen atoms in total. The van der Waals surface area contributed by atoms with Crippen LogP contribution in [0.2, 0.25) is 0 Å². The second-order valence-corrected chi connectivity index (χ2v) is 3.70. The van der Waals surface area contributed by atoms with Crippen LogP contribution in [0.4, 0.5) is 0 Å². The Morgan fingerprint density at radius 1 is 1.21 bits per heavy atom. The van der Waals surface area contributed by atoms with Crippen molar-refractivity contribution in [2.24, 2.45) is 0 Å². The third-order valence-corrected chi connectivity index (χ3v) is 2.06. The molecule has 100 valence electrons. The highest BCUT2D eigenvalue weighted by molar-refractivity contribution is 6.01. The summed E-state index contributed by atoms with van der Waals surface area (Å²) in [5.41, 5.74) is 0.676. The molecule has 0 heterocycles. The molecule has 0 aliphatic carbocycles. The minimum Gasteiger partial charge on any atom is -0.548 e. The third-order valence-electron chi connectivity index (χ3n) is 2.06. The van der Waals surface area contributed by atoms with Crippen LogP contribution in [0, 0.1) is 0 Å². The van der Waals surface area contributed by atoms with Crippen molar-refractivity contribution < 1.29 is 19.5 Å². The molecule has 0 saturated heterocycles. The topological polar surface area (TPSA) is 98.3 Å². The number of hydrogen-bond donors (Lipinski definition) is 2. The number of nitrogens with one attached hydrogen (secondary N) is 2. The van der Waals surface area contributed by atoms with Crippen molar-refractivity contribution in [1.82, 2.24) is 10.6 Å². The smallest absolute Gasteiger partial charge is 0.268 e. The molecule has 2 N–H and O–H groups in total. The lowest BCUT2D eigenvalue weighted by Gasteiger charge is -2.10. The molecule has 1 aromatic carbocycles. The standard InChI is InChI=1S/C13H14N2O4/c1-9(16)15-11(13(19)14-8-12(17)18)7-10-5-3-2-4-6-10/h2-7H,8H2,1H3,(H,14,19)(H,15,16)(H,17,18)/p-1/b11-7-. The van der Waals surface area contributed by atoms with Crippen LogP contribution < -0.4 is 15.7 Å². The summed E-state index contributed by atoms with van der Waals surface area (Å²) in [5.74, 6) is -2.52. The van der Waals surface area contributed by atoms with Crippen molar-refractivity contribution in [3.05, 3.63) is 41.6 Å². The zero-order valence-electron chi connectivity index (χ0n) is 10.3. The molecule has 0 bridgehead atoms. The van der Waals surface area contributed by atoms with E-state index >= 15 is 0 Å².